The van der Waals surface area contributed by atoms with Crippen molar-refractivity contribution in [2.45, 2.75) is 44.0 Å². The van der Waals surface area contributed by atoms with E-state index in [2.05, 4.69) is 33.9 Å². The smallest absolute Gasteiger partial charge is 0.206 e. The lowest BCUT2D eigenvalue weighted by Crippen LogP contribution is -2.05. The molecule has 1 aliphatic carbocycles. The third-order valence-corrected chi connectivity index (χ3v) is 5.77. The number of rotatable bonds is 7. The molecule has 0 spiro atoms. The van der Waals surface area contributed by atoms with Crippen LogP contribution in [0.25, 0.3) is 0 Å². The highest BCUT2D eigenvalue weighted by atomic mass is 32.2. The summed E-state index contributed by atoms with van der Waals surface area (Å²) >= 11 is 2.96. The zero-order valence-corrected chi connectivity index (χ0v) is 14.7. The molecular weight excluding hydrogens is 316 g/mol. The fourth-order valence-electron chi connectivity index (χ4n) is 2.65. The van der Waals surface area contributed by atoms with Crippen molar-refractivity contribution in [3.8, 4) is 0 Å². The Morgan fingerprint density at radius 3 is 2.91 bits per heavy atom. The van der Waals surface area contributed by atoms with Crippen molar-refractivity contribution >= 4 is 34.0 Å². The van der Waals surface area contributed by atoms with Crippen LogP contribution in [-0.2, 0) is 0 Å². The van der Waals surface area contributed by atoms with Crippen molar-refractivity contribution in [3.63, 3.8) is 0 Å². The number of nitrogens with zero attached hydrogens (tertiary/aromatic N) is 3. The molecule has 0 aliphatic heterocycles. The summed E-state index contributed by atoms with van der Waals surface area (Å²) in [6.07, 6.45) is 2.47. The molecule has 1 fully saturated rings. The van der Waals surface area contributed by atoms with E-state index in [1.54, 1.807) is 0 Å². The van der Waals surface area contributed by atoms with E-state index in [9.17, 15) is 4.79 Å². The van der Waals surface area contributed by atoms with E-state index in [0.29, 0.717) is 11.8 Å². The fraction of sp³-hybridized carbons (Fsp3) is 0.533. The molecule has 1 aliphatic rings. The number of carbonyl (C=O) groups is 1. The quantitative estimate of drug-likeness (QED) is 0.617. The number of nitrogens with one attached hydrogen (secondary N) is 1. The Labute approximate surface area is 138 Å². The van der Waals surface area contributed by atoms with Crippen LogP contribution in [0, 0.1) is 13.8 Å². The van der Waals surface area contributed by atoms with Gasteiger partial charge in [-0.05, 0) is 39.7 Å². The first-order valence-corrected chi connectivity index (χ1v) is 9.32. The topological polar surface area (TPSA) is 59.8 Å². The highest BCUT2D eigenvalue weighted by Crippen LogP contribution is 2.38. The summed E-state index contributed by atoms with van der Waals surface area (Å²) in [5.41, 5.74) is 3.16. The lowest BCUT2D eigenvalue weighted by molar-refractivity contribution is 0.102. The molecule has 22 heavy (non-hydrogen) atoms. The second-order valence-electron chi connectivity index (χ2n) is 5.50. The number of aryl methyl sites for hydroxylation is 1. The van der Waals surface area contributed by atoms with Crippen LogP contribution in [0.1, 0.15) is 47.6 Å². The van der Waals surface area contributed by atoms with Crippen molar-refractivity contribution < 1.29 is 4.79 Å². The number of carbonyl (C=O) groups excluding carboxylic acids is 1. The molecule has 2 aromatic rings. The average molecular weight is 336 g/mol. The first-order valence-electron chi connectivity index (χ1n) is 7.52. The Balaban J connectivity index is 1.65. The summed E-state index contributed by atoms with van der Waals surface area (Å²) < 4.78 is 3.15. The Bertz CT molecular complexity index is 688. The van der Waals surface area contributed by atoms with Gasteiger partial charge in [-0.1, -0.05) is 23.1 Å². The number of ketones is 1. The molecule has 0 bridgehead atoms. The SMILES string of the molecule is CCNc1nnc(SCC(=O)c2cc(C)n(C3CC3)c2C)s1. The predicted octanol–water partition coefficient (Wildman–Crippen LogP) is 3.70. The van der Waals surface area contributed by atoms with E-state index in [0.717, 1.165) is 27.3 Å². The van der Waals surface area contributed by atoms with Gasteiger partial charge in [0.1, 0.15) is 0 Å². The third-order valence-electron chi connectivity index (χ3n) is 3.76. The molecule has 0 atom stereocenters. The molecule has 2 heterocycles. The highest BCUT2D eigenvalue weighted by molar-refractivity contribution is 8.01. The molecule has 2 aromatic heterocycles. The van der Waals surface area contributed by atoms with Gasteiger partial charge in [0.15, 0.2) is 10.1 Å². The molecule has 0 saturated heterocycles. The minimum Gasteiger partial charge on any atom is -0.360 e. The van der Waals surface area contributed by atoms with Crippen molar-refractivity contribution in [2.75, 3.05) is 17.6 Å². The van der Waals surface area contributed by atoms with Crippen LogP contribution in [0.15, 0.2) is 10.4 Å². The van der Waals surface area contributed by atoms with Gasteiger partial charge >= 0.3 is 0 Å². The van der Waals surface area contributed by atoms with Gasteiger partial charge in [-0.3, -0.25) is 4.79 Å². The maximum absolute atomic E-state index is 12.5. The number of hydrogen-bond donors (Lipinski definition) is 1. The van der Waals surface area contributed by atoms with Gasteiger partial charge in [-0.15, -0.1) is 10.2 Å². The molecule has 0 unspecified atom stereocenters. The van der Waals surface area contributed by atoms with Crippen LogP contribution in [-0.4, -0.2) is 32.8 Å². The Morgan fingerprint density at radius 1 is 1.45 bits per heavy atom. The van der Waals surface area contributed by atoms with Crippen LogP contribution in [0.4, 0.5) is 5.13 Å². The maximum atomic E-state index is 12.5. The Kier molecular flexibility index (Phi) is 4.54. The van der Waals surface area contributed by atoms with Gasteiger partial charge in [0.05, 0.1) is 5.75 Å². The molecular formula is C15H20N4OS2. The second-order valence-corrected chi connectivity index (χ2v) is 7.70. The lowest BCUT2D eigenvalue weighted by atomic mass is 10.2. The van der Waals surface area contributed by atoms with E-state index in [1.165, 1.54) is 41.6 Å². The standard InChI is InChI=1S/C15H20N4OS2/c1-4-16-14-17-18-15(22-14)21-8-13(20)12-7-9(2)19(10(12)3)11-5-6-11/h7,11H,4-6,8H2,1-3H3,(H,16,17). The summed E-state index contributed by atoms with van der Waals surface area (Å²) in [4.78, 5) is 12.5. The molecule has 5 nitrogen and oxygen atoms in total. The van der Waals surface area contributed by atoms with Crippen molar-refractivity contribution in [2.24, 2.45) is 0 Å². The van der Waals surface area contributed by atoms with E-state index in [4.69, 9.17) is 0 Å². The van der Waals surface area contributed by atoms with Crippen LogP contribution < -0.4 is 5.32 Å². The van der Waals surface area contributed by atoms with E-state index in [1.807, 2.05) is 13.0 Å². The molecule has 118 valence electrons. The van der Waals surface area contributed by atoms with Crippen molar-refractivity contribution in [1.82, 2.24) is 14.8 Å². The van der Waals surface area contributed by atoms with Gasteiger partial charge in [0.25, 0.3) is 0 Å². The first-order chi connectivity index (χ1) is 10.6. The minimum absolute atomic E-state index is 0.171. The largest absolute Gasteiger partial charge is 0.360 e. The fourth-order valence-corrected chi connectivity index (χ4v) is 4.35. The predicted molar refractivity (Wildman–Crippen MR) is 91.3 cm³/mol. The molecule has 1 N–H and O–H groups in total. The van der Waals surface area contributed by atoms with Crippen molar-refractivity contribution in [1.29, 1.82) is 0 Å². The normalized spacial score (nSPS) is 14.3. The summed E-state index contributed by atoms with van der Waals surface area (Å²) in [7, 11) is 0. The summed E-state index contributed by atoms with van der Waals surface area (Å²) in [6.45, 7) is 6.99. The molecule has 0 radical (unpaired) electrons. The Hall–Kier alpha value is -1.34. The van der Waals surface area contributed by atoms with Crippen molar-refractivity contribution in [3.05, 3.63) is 23.0 Å². The lowest BCUT2D eigenvalue weighted by Gasteiger charge is -2.07. The number of anilines is 1. The minimum atomic E-state index is 0.171. The van der Waals surface area contributed by atoms with E-state index < -0.39 is 0 Å². The summed E-state index contributed by atoms with van der Waals surface area (Å²) in [5, 5.41) is 12.1. The van der Waals surface area contributed by atoms with Crippen LogP contribution in [0.5, 0.6) is 0 Å². The summed E-state index contributed by atoms with van der Waals surface area (Å²) in [6, 6.07) is 2.64. The van der Waals surface area contributed by atoms with Gasteiger partial charge in [0, 0.05) is 29.5 Å². The maximum Gasteiger partial charge on any atom is 0.206 e. The first kappa shape index (κ1) is 15.6. The van der Waals surface area contributed by atoms with E-state index in [-0.39, 0.29) is 5.78 Å². The van der Waals surface area contributed by atoms with E-state index >= 15 is 0 Å². The monoisotopic (exact) mass is 336 g/mol. The number of Topliss-reactive ketones (excluding diaryl/α,β-unsaturated/α-hetero) is 1. The van der Waals surface area contributed by atoms with Gasteiger partial charge in [0.2, 0.25) is 5.13 Å². The second kappa shape index (κ2) is 6.42. The average Bonchev–Trinajstić information content (AvgIpc) is 3.14. The third kappa shape index (κ3) is 3.20. The van der Waals surface area contributed by atoms with Gasteiger partial charge in [-0.2, -0.15) is 0 Å². The zero-order chi connectivity index (χ0) is 15.7. The Morgan fingerprint density at radius 2 is 2.23 bits per heavy atom. The van der Waals surface area contributed by atoms with Gasteiger partial charge < -0.3 is 9.88 Å². The van der Waals surface area contributed by atoms with Crippen LogP contribution in [0.2, 0.25) is 0 Å². The summed E-state index contributed by atoms with van der Waals surface area (Å²) in [5.74, 6) is 0.584. The molecule has 3 rings (SSSR count). The number of aromatic nitrogens is 3. The molecule has 1 saturated carbocycles. The number of hydrogen-bond acceptors (Lipinski definition) is 6. The highest BCUT2D eigenvalue weighted by Gasteiger charge is 2.28. The zero-order valence-electron chi connectivity index (χ0n) is 13.0. The molecule has 0 amide bonds. The van der Waals surface area contributed by atoms with Gasteiger partial charge in [-0.25, -0.2) is 0 Å². The van der Waals surface area contributed by atoms with Crippen LogP contribution >= 0.6 is 23.1 Å². The molecule has 0 aromatic carbocycles. The van der Waals surface area contributed by atoms with Crippen LogP contribution in [0.3, 0.4) is 0 Å². The molecule has 7 heteroatoms. The number of thioether (sulfide) groups is 1.